The van der Waals surface area contributed by atoms with E-state index in [9.17, 15) is 18.0 Å². The molecule has 1 fully saturated rings. The van der Waals surface area contributed by atoms with Gasteiger partial charge in [0, 0.05) is 18.8 Å². The molecular weight excluding hydrogens is 364 g/mol. The maximum atomic E-state index is 12.5. The van der Waals surface area contributed by atoms with Crippen molar-refractivity contribution in [3.8, 4) is 0 Å². The van der Waals surface area contributed by atoms with Gasteiger partial charge in [-0.1, -0.05) is 6.42 Å². The lowest BCUT2D eigenvalue weighted by Crippen LogP contribution is -2.35. The molecule has 2 rings (SSSR count). The number of anilines is 1. The van der Waals surface area contributed by atoms with E-state index in [0.717, 1.165) is 31.0 Å². The first-order valence-electron chi connectivity index (χ1n) is 7.98. The van der Waals surface area contributed by atoms with Gasteiger partial charge in [-0.25, -0.2) is 8.42 Å². The minimum atomic E-state index is -3.47. The summed E-state index contributed by atoms with van der Waals surface area (Å²) in [5.41, 5.74) is 0.515. The normalized spacial score (nSPS) is 15.6. The number of carbonyl (C=O) groups excluding carboxylic acids is 2. The molecule has 1 aromatic carbocycles. The van der Waals surface area contributed by atoms with Gasteiger partial charge in [0.2, 0.25) is 15.9 Å². The smallest absolute Gasteiger partial charge is 0.315 e. The van der Waals surface area contributed by atoms with Gasteiger partial charge in [-0.05, 0) is 37.1 Å². The van der Waals surface area contributed by atoms with Crippen molar-refractivity contribution < 1.29 is 22.7 Å². The Morgan fingerprint density at radius 2 is 1.76 bits per heavy atom. The number of hydrogen-bond acceptors (Lipinski definition) is 6. The number of ether oxygens (including phenoxy) is 1. The number of methoxy groups -OCH3 is 1. The van der Waals surface area contributed by atoms with Crippen molar-refractivity contribution in [2.75, 3.05) is 37.0 Å². The van der Waals surface area contributed by atoms with Crippen LogP contribution in [0.15, 0.2) is 29.2 Å². The van der Waals surface area contributed by atoms with Gasteiger partial charge in [-0.3, -0.25) is 9.59 Å². The minimum Gasteiger partial charge on any atom is -0.468 e. The molecule has 25 heavy (non-hydrogen) atoms. The third kappa shape index (κ3) is 5.72. The van der Waals surface area contributed by atoms with Crippen LogP contribution in [0.1, 0.15) is 19.3 Å². The number of nitrogens with one attached hydrogen (secondary N) is 1. The molecular formula is C16H22N2O5S2. The van der Waals surface area contributed by atoms with Crippen LogP contribution in [0.2, 0.25) is 0 Å². The lowest BCUT2D eigenvalue weighted by Gasteiger charge is -2.25. The van der Waals surface area contributed by atoms with E-state index >= 15 is 0 Å². The molecule has 0 aliphatic carbocycles. The Morgan fingerprint density at radius 3 is 2.36 bits per heavy atom. The number of benzene rings is 1. The Balaban J connectivity index is 1.90. The van der Waals surface area contributed by atoms with Gasteiger partial charge in [-0.2, -0.15) is 4.31 Å². The van der Waals surface area contributed by atoms with E-state index in [1.807, 2.05) is 0 Å². The predicted octanol–water partition coefficient (Wildman–Crippen LogP) is 1.71. The zero-order chi connectivity index (χ0) is 18.3. The van der Waals surface area contributed by atoms with Gasteiger partial charge < -0.3 is 10.1 Å². The molecule has 138 valence electrons. The number of nitrogens with zero attached hydrogens (tertiary/aromatic N) is 1. The lowest BCUT2D eigenvalue weighted by atomic mass is 10.2. The minimum absolute atomic E-state index is 0.108. The van der Waals surface area contributed by atoms with Gasteiger partial charge in [-0.15, -0.1) is 11.8 Å². The van der Waals surface area contributed by atoms with E-state index in [-0.39, 0.29) is 28.3 Å². The summed E-state index contributed by atoms with van der Waals surface area (Å²) in [6.45, 7) is 1.11. The molecule has 0 radical (unpaired) electrons. The fraction of sp³-hybridized carbons (Fsp3) is 0.500. The summed E-state index contributed by atoms with van der Waals surface area (Å²) >= 11 is 1.15. The largest absolute Gasteiger partial charge is 0.468 e. The van der Waals surface area contributed by atoms with Crippen molar-refractivity contribution in [1.82, 2.24) is 4.31 Å². The number of thioether (sulfide) groups is 1. The molecule has 1 aliphatic rings. The second-order valence-corrected chi connectivity index (χ2v) is 8.53. The Bertz CT molecular complexity index is 698. The van der Waals surface area contributed by atoms with Crippen LogP contribution in [0.25, 0.3) is 0 Å². The van der Waals surface area contributed by atoms with Gasteiger partial charge in [0.15, 0.2) is 0 Å². The zero-order valence-corrected chi connectivity index (χ0v) is 15.7. The molecule has 0 saturated carbocycles. The molecule has 0 unspecified atom stereocenters. The second kappa shape index (κ2) is 9.21. The van der Waals surface area contributed by atoms with Crippen LogP contribution in [0.5, 0.6) is 0 Å². The first kappa shape index (κ1) is 19.7. The highest BCUT2D eigenvalue weighted by Crippen LogP contribution is 2.22. The number of sulfonamides is 1. The molecule has 0 atom stereocenters. The molecule has 0 bridgehead atoms. The van der Waals surface area contributed by atoms with Crippen molar-refractivity contribution in [3.63, 3.8) is 0 Å². The summed E-state index contributed by atoms with van der Waals surface area (Å²) in [4.78, 5) is 23.0. The average molecular weight is 386 g/mol. The topological polar surface area (TPSA) is 92.8 Å². The molecule has 0 aromatic heterocycles. The second-order valence-electron chi connectivity index (χ2n) is 5.61. The molecule has 1 aliphatic heterocycles. The molecule has 9 heteroatoms. The van der Waals surface area contributed by atoms with E-state index in [0.29, 0.717) is 18.8 Å². The number of amides is 1. The molecule has 1 amide bonds. The summed E-state index contributed by atoms with van der Waals surface area (Å²) in [6, 6.07) is 6.14. The first-order valence-corrected chi connectivity index (χ1v) is 10.6. The van der Waals surface area contributed by atoms with Crippen LogP contribution < -0.4 is 5.32 Å². The number of piperidine rings is 1. The number of esters is 1. The van der Waals surface area contributed by atoms with Crippen molar-refractivity contribution in [3.05, 3.63) is 24.3 Å². The molecule has 1 heterocycles. The molecule has 7 nitrogen and oxygen atoms in total. The van der Waals surface area contributed by atoms with Crippen LogP contribution in [0.3, 0.4) is 0 Å². The number of hydrogen-bond donors (Lipinski definition) is 1. The van der Waals surface area contributed by atoms with Crippen molar-refractivity contribution >= 4 is 39.3 Å². The van der Waals surface area contributed by atoms with Crippen molar-refractivity contribution in [2.45, 2.75) is 24.2 Å². The summed E-state index contributed by atoms with van der Waals surface area (Å²) in [5, 5.41) is 2.67. The lowest BCUT2D eigenvalue weighted by molar-refractivity contribution is -0.137. The summed E-state index contributed by atoms with van der Waals surface area (Å²) in [6.07, 6.45) is 2.83. The fourth-order valence-electron chi connectivity index (χ4n) is 2.45. The van der Waals surface area contributed by atoms with Crippen LogP contribution in [-0.4, -0.2) is 56.3 Å². The van der Waals surface area contributed by atoms with Gasteiger partial charge in [0.1, 0.15) is 0 Å². The van der Waals surface area contributed by atoms with Crippen LogP contribution >= 0.6 is 11.8 Å². The molecule has 1 saturated heterocycles. The maximum Gasteiger partial charge on any atom is 0.315 e. The van der Waals surface area contributed by atoms with Gasteiger partial charge in [0.25, 0.3) is 0 Å². The predicted molar refractivity (Wildman–Crippen MR) is 97.0 cm³/mol. The maximum absolute atomic E-state index is 12.5. The summed E-state index contributed by atoms with van der Waals surface area (Å²) in [5.74, 6) is -0.425. The standard InChI is InChI=1S/C16H22N2O5S2/c1-23-16(20)12-24-11-15(19)17-13-5-7-14(8-6-13)25(21,22)18-9-3-2-4-10-18/h5-8H,2-4,9-12H2,1H3,(H,17,19). The van der Waals surface area contributed by atoms with Crippen LogP contribution in [-0.2, 0) is 24.3 Å². The van der Waals surface area contributed by atoms with E-state index in [2.05, 4.69) is 10.1 Å². The highest BCUT2D eigenvalue weighted by atomic mass is 32.2. The van der Waals surface area contributed by atoms with E-state index < -0.39 is 10.0 Å². The monoisotopic (exact) mass is 386 g/mol. The SMILES string of the molecule is COC(=O)CSCC(=O)Nc1ccc(S(=O)(=O)N2CCCCC2)cc1. The number of carbonyl (C=O) groups is 2. The third-order valence-electron chi connectivity index (χ3n) is 3.77. The Kier molecular flexibility index (Phi) is 7.27. The van der Waals surface area contributed by atoms with E-state index in [1.165, 1.54) is 23.5 Å². The summed E-state index contributed by atoms with van der Waals surface area (Å²) < 4.78 is 31.1. The van der Waals surface area contributed by atoms with Crippen molar-refractivity contribution in [1.29, 1.82) is 0 Å². The Morgan fingerprint density at radius 1 is 1.12 bits per heavy atom. The first-order chi connectivity index (χ1) is 11.9. The van der Waals surface area contributed by atoms with E-state index in [1.54, 1.807) is 12.1 Å². The molecule has 1 N–H and O–H groups in total. The highest BCUT2D eigenvalue weighted by Gasteiger charge is 2.25. The Labute approximate surface area is 152 Å². The van der Waals surface area contributed by atoms with Gasteiger partial charge in [0.05, 0.1) is 23.5 Å². The fourth-order valence-corrected chi connectivity index (χ4v) is 4.61. The van der Waals surface area contributed by atoms with Crippen LogP contribution in [0.4, 0.5) is 5.69 Å². The summed E-state index contributed by atoms with van der Waals surface area (Å²) in [7, 11) is -2.17. The van der Waals surface area contributed by atoms with E-state index in [4.69, 9.17) is 0 Å². The zero-order valence-electron chi connectivity index (χ0n) is 14.1. The number of rotatable bonds is 7. The molecule has 0 spiro atoms. The molecule has 1 aromatic rings. The average Bonchev–Trinajstić information content (AvgIpc) is 2.62. The third-order valence-corrected chi connectivity index (χ3v) is 6.59. The van der Waals surface area contributed by atoms with Crippen molar-refractivity contribution in [2.24, 2.45) is 0 Å². The quantitative estimate of drug-likeness (QED) is 0.717. The highest BCUT2D eigenvalue weighted by molar-refractivity contribution is 8.00. The van der Waals surface area contributed by atoms with Crippen LogP contribution in [0, 0.1) is 0 Å². The van der Waals surface area contributed by atoms with Gasteiger partial charge >= 0.3 is 5.97 Å². The Hall–Kier alpha value is -1.58.